The van der Waals surface area contributed by atoms with Crippen LogP contribution in [0.4, 0.5) is 0 Å². The molecule has 0 aromatic heterocycles. The van der Waals surface area contributed by atoms with Crippen molar-refractivity contribution >= 4 is 17.6 Å². The molecule has 184 valence electrons. The Morgan fingerprint density at radius 3 is 2.03 bits per heavy atom. The first-order valence-corrected chi connectivity index (χ1v) is 11.6. The largest absolute Gasteiger partial charge is 0.379 e. The summed E-state index contributed by atoms with van der Waals surface area (Å²) in [6, 6.07) is 0. The second kappa shape index (κ2) is 25.6. The van der Waals surface area contributed by atoms with Gasteiger partial charge in [0.2, 0.25) is 11.8 Å². The summed E-state index contributed by atoms with van der Waals surface area (Å²) < 4.78 is 10.1. The molecule has 30 heavy (non-hydrogen) atoms. The number of carbonyl (C=O) groups excluding carboxylic acids is 3. The average molecular weight is 437 g/mol. The van der Waals surface area contributed by atoms with Crippen LogP contribution < -0.4 is 11.1 Å². The minimum absolute atomic E-state index is 0. The SMILES string of the molecule is CC.CC.CC(C)OCC(N)=O.CCC(=O)CCOCCNC(=O)C1CCCCC1.[HH].[HH]. The number of nitrogens with one attached hydrogen (secondary N) is 1. The van der Waals surface area contributed by atoms with E-state index in [4.69, 9.17) is 15.2 Å². The topological polar surface area (TPSA) is 108 Å². The van der Waals surface area contributed by atoms with Gasteiger partial charge in [0.1, 0.15) is 12.4 Å². The van der Waals surface area contributed by atoms with Crippen LogP contribution in [0.25, 0.3) is 0 Å². The Morgan fingerprint density at radius 2 is 1.60 bits per heavy atom. The maximum Gasteiger partial charge on any atom is 0.243 e. The normalized spacial score (nSPS) is 12.9. The lowest BCUT2D eigenvalue weighted by Gasteiger charge is -2.20. The number of nitrogens with two attached hydrogens (primary N) is 1. The third-order valence-corrected chi connectivity index (χ3v) is 4.00. The Labute approximate surface area is 187 Å². The second-order valence-corrected chi connectivity index (χ2v) is 6.71. The Morgan fingerprint density at radius 1 is 1.03 bits per heavy atom. The van der Waals surface area contributed by atoms with Crippen molar-refractivity contribution in [2.45, 2.75) is 99.5 Å². The zero-order valence-corrected chi connectivity index (χ0v) is 20.6. The molecule has 1 rings (SSSR count). The van der Waals surface area contributed by atoms with E-state index >= 15 is 0 Å². The molecular weight excluding hydrogens is 384 g/mol. The molecular formula is C23H52N2O5. The zero-order chi connectivity index (χ0) is 23.8. The summed E-state index contributed by atoms with van der Waals surface area (Å²) in [5.74, 6) is 0.184. The molecule has 7 heteroatoms. The van der Waals surface area contributed by atoms with Gasteiger partial charge < -0.3 is 20.5 Å². The lowest BCUT2D eigenvalue weighted by atomic mass is 9.89. The third kappa shape index (κ3) is 24.6. The summed E-state index contributed by atoms with van der Waals surface area (Å²) in [6.45, 7) is 15.1. The van der Waals surface area contributed by atoms with Crippen molar-refractivity contribution in [3.63, 3.8) is 0 Å². The van der Waals surface area contributed by atoms with Crippen LogP contribution in [-0.2, 0) is 23.9 Å². The van der Waals surface area contributed by atoms with Gasteiger partial charge >= 0.3 is 0 Å². The molecule has 0 heterocycles. The molecule has 2 amide bonds. The van der Waals surface area contributed by atoms with Crippen molar-refractivity contribution in [1.29, 1.82) is 0 Å². The molecule has 0 bridgehead atoms. The molecule has 0 radical (unpaired) electrons. The molecule has 1 fully saturated rings. The maximum absolute atomic E-state index is 11.8. The summed E-state index contributed by atoms with van der Waals surface area (Å²) in [6.07, 6.45) is 6.80. The molecule has 0 aromatic carbocycles. The lowest BCUT2D eigenvalue weighted by molar-refractivity contribution is -0.126. The average Bonchev–Trinajstić information content (AvgIpc) is 2.78. The van der Waals surface area contributed by atoms with Crippen LogP contribution >= 0.6 is 0 Å². The van der Waals surface area contributed by atoms with Crippen LogP contribution in [0.2, 0.25) is 0 Å². The minimum Gasteiger partial charge on any atom is -0.379 e. The molecule has 3 N–H and O–H groups in total. The smallest absolute Gasteiger partial charge is 0.243 e. The van der Waals surface area contributed by atoms with E-state index in [2.05, 4.69) is 5.32 Å². The summed E-state index contributed by atoms with van der Waals surface area (Å²) in [7, 11) is 0. The van der Waals surface area contributed by atoms with Gasteiger partial charge in [-0.05, 0) is 26.7 Å². The molecule has 0 spiro atoms. The summed E-state index contributed by atoms with van der Waals surface area (Å²) >= 11 is 0. The number of primary amides is 1. The highest BCUT2D eigenvalue weighted by Gasteiger charge is 2.20. The van der Waals surface area contributed by atoms with Gasteiger partial charge in [0.25, 0.3) is 0 Å². The first-order valence-electron chi connectivity index (χ1n) is 11.6. The van der Waals surface area contributed by atoms with Crippen molar-refractivity contribution in [2.75, 3.05) is 26.4 Å². The Hall–Kier alpha value is -1.47. The zero-order valence-electron chi connectivity index (χ0n) is 20.6. The Kier molecular flexibility index (Phi) is 28.3. The number of hydrogen-bond acceptors (Lipinski definition) is 5. The van der Waals surface area contributed by atoms with Crippen LogP contribution in [0.15, 0.2) is 0 Å². The highest BCUT2D eigenvalue weighted by molar-refractivity contribution is 5.78. The van der Waals surface area contributed by atoms with E-state index in [-0.39, 0.29) is 33.2 Å². The van der Waals surface area contributed by atoms with E-state index in [1.54, 1.807) is 0 Å². The van der Waals surface area contributed by atoms with Gasteiger partial charge in [0.15, 0.2) is 0 Å². The van der Waals surface area contributed by atoms with E-state index in [0.717, 1.165) is 12.8 Å². The van der Waals surface area contributed by atoms with Crippen LogP contribution in [0.1, 0.15) is 96.3 Å². The van der Waals surface area contributed by atoms with Crippen molar-refractivity contribution in [2.24, 2.45) is 11.7 Å². The van der Waals surface area contributed by atoms with E-state index in [9.17, 15) is 14.4 Å². The molecule has 7 nitrogen and oxygen atoms in total. The predicted molar refractivity (Wildman–Crippen MR) is 128 cm³/mol. The van der Waals surface area contributed by atoms with Gasteiger partial charge in [-0.15, -0.1) is 0 Å². The molecule has 0 aromatic rings. The molecule has 1 aliphatic carbocycles. The number of Topliss-reactive ketones (excluding diaryl/α,β-unsaturated/α-hetero) is 1. The van der Waals surface area contributed by atoms with Crippen LogP contribution in [0.5, 0.6) is 0 Å². The lowest BCUT2D eigenvalue weighted by Crippen LogP contribution is -2.34. The number of ketones is 1. The van der Waals surface area contributed by atoms with Gasteiger partial charge in [-0.1, -0.05) is 53.9 Å². The summed E-state index contributed by atoms with van der Waals surface area (Å²) in [5, 5.41) is 2.91. The van der Waals surface area contributed by atoms with E-state index in [1.807, 2.05) is 48.5 Å². The Bertz CT molecular complexity index is 419. The first-order chi connectivity index (χ1) is 14.4. The Balaban J connectivity index is -0.000000148. The fourth-order valence-electron chi connectivity index (χ4n) is 2.47. The molecule has 0 aliphatic heterocycles. The van der Waals surface area contributed by atoms with E-state index in [0.29, 0.717) is 32.6 Å². The molecule has 1 aliphatic rings. The third-order valence-electron chi connectivity index (χ3n) is 4.00. The van der Waals surface area contributed by atoms with Crippen LogP contribution in [-0.4, -0.2) is 50.1 Å². The molecule has 0 atom stereocenters. The number of hydrogen-bond donors (Lipinski definition) is 2. The number of amides is 2. The van der Waals surface area contributed by atoms with Crippen molar-refractivity contribution in [3.05, 3.63) is 0 Å². The van der Waals surface area contributed by atoms with Crippen molar-refractivity contribution < 1.29 is 26.7 Å². The molecule has 0 saturated heterocycles. The number of ether oxygens (including phenoxy) is 2. The van der Waals surface area contributed by atoms with Crippen LogP contribution in [0.3, 0.4) is 0 Å². The standard InChI is InChI=1S/C14H25NO3.C5H11NO2.2C2H6.2H2/c1-2-13(16)8-10-18-11-9-15-14(17)12-6-4-3-5-7-12;1-4(2)8-3-5(6)7;2*1-2;;/h12H,2-11H2,1H3,(H,15,17);4H,3H2,1-2H3,(H2,6,7);2*1-2H3;2*1H. The van der Waals surface area contributed by atoms with Crippen LogP contribution in [0, 0.1) is 5.92 Å². The van der Waals surface area contributed by atoms with Gasteiger partial charge in [-0.2, -0.15) is 0 Å². The van der Waals surface area contributed by atoms with Gasteiger partial charge in [-0.3, -0.25) is 14.4 Å². The van der Waals surface area contributed by atoms with E-state index in [1.165, 1.54) is 19.3 Å². The van der Waals surface area contributed by atoms with Gasteiger partial charge in [0.05, 0.1) is 19.3 Å². The maximum atomic E-state index is 11.8. The predicted octanol–water partition coefficient (Wildman–Crippen LogP) is 4.51. The molecule has 0 unspecified atom stereocenters. The first kappa shape index (κ1) is 33.2. The summed E-state index contributed by atoms with van der Waals surface area (Å²) in [4.78, 5) is 32.8. The van der Waals surface area contributed by atoms with Gasteiger partial charge in [-0.25, -0.2) is 0 Å². The van der Waals surface area contributed by atoms with Gasteiger partial charge in [0, 0.05) is 28.2 Å². The minimum atomic E-state index is -0.418. The fourth-order valence-corrected chi connectivity index (χ4v) is 2.47. The van der Waals surface area contributed by atoms with E-state index < -0.39 is 5.91 Å². The number of carbonyl (C=O) groups is 3. The highest BCUT2D eigenvalue weighted by Crippen LogP contribution is 2.23. The molecule has 1 saturated carbocycles. The second-order valence-electron chi connectivity index (χ2n) is 6.71. The summed E-state index contributed by atoms with van der Waals surface area (Å²) in [5.41, 5.74) is 4.78. The fraction of sp³-hybridized carbons (Fsp3) is 0.870. The van der Waals surface area contributed by atoms with Crippen molar-refractivity contribution in [1.82, 2.24) is 5.32 Å². The number of rotatable bonds is 11. The highest BCUT2D eigenvalue weighted by atomic mass is 16.5. The monoisotopic (exact) mass is 436 g/mol. The van der Waals surface area contributed by atoms with Crippen molar-refractivity contribution in [3.8, 4) is 0 Å². The quantitative estimate of drug-likeness (QED) is 0.463.